The lowest BCUT2D eigenvalue weighted by molar-refractivity contribution is 0.628. The van der Waals surface area contributed by atoms with E-state index in [0.29, 0.717) is 5.56 Å². The van der Waals surface area contributed by atoms with Crippen molar-refractivity contribution in [2.75, 3.05) is 0 Å². The van der Waals surface area contributed by atoms with Gasteiger partial charge < -0.3 is 0 Å². The van der Waals surface area contributed by atoms with Gasteiger partial charge in [0.15, 0.2) is 0 Å². The molecule has 1 nitrogen and oxygen atoms in total. The molecule has 0 amide bonds. The second-order valence-electron chi connectivity index (χ2n) is 3.65. The van der Waals surface area contributed by atoms with Gasteiger partial charge in [-0.2, -0.15) is 5.26 Å². The van der Waals surface area contributed by atoms with Crippen LogP contribution in [-0.2, 0) is 0 Å². The zero-order valence-corrected chi connectivity index (χ0v) is 8.87. The van der Waals surface area contributed by atoms with Gasteiger partial charge in [0.05, 0.1) is 11.6 Å². The van der Waals surface area contributed by atoms with Crippen LogP contribution in [0.1, 0.15) is 11.1 Å². The van der Waals surface area contributed by atoms with Crippen molar-refractivity contribution in [3.8, 4) is 17.2 Å². The van der Waals surface area contributed by atoms with Crippen LogP contribution in [0.4, 0.5) is 4.39 Å². The molecule has 0 heterocycles. The van der Waals surface area contributed by atoms with Crippen LogP contribution < -0.4 is 0 Å². The molecule has 0 saturated carbocycles. The van der Waals surface area contributed by atoms with Gasteiger partial charge in [-0.3, -0.25) is 0 Å². The molecule has 2 heteroatoms. The highest BCUT2D eigenvalue weighted by molar-refractivity contribution is 5.67. The third kappa shape index (κ3) is 1.94. The van der Waals surface area contributed by atoms with E-state index < -0.39 is 0 Å². The smallest absolute Gasteiger partial charge is 0.123 e. The van der Waals surface area contributed by atoms with Crippen LogP contribution in [0.5, 0.6) is 0 Å². The van der Waals surface area contributed by atoms with E-state index in [0.717, 1.165) is 16.7 Å². The van der Waals surface area contributed by atoms with Crippen LogP contribution in [0.2, 0.25) is 0 Å². The van der Waals surface area contributed by atoms with Crippen LogP contribution in [-0.4, -0.2) is 0 Å². The Hall–Kier alpha value is -2.14. The molecular formula is C14H10FN. The molecule has 16 heavy (non-hydrogen) atoms. The fourth-order valence-corrected chi connectivity index (χ4v) is 1.63. The lowest BCUT2D eigenvalue weighted by Gasteiger charge is -2.05. The molecule has 2 aromatic rings. The highest BCUT2D eigenvalue weighted by atomic mass is 18.2. The first kappa shape index (κ1) is 10.4. The largest absolute Gasteiger partial charge is 0.207 e. The Labute approximate surface area is 93.8 Å². The first-order valence-electron chi connectivity index (χ1n) is 4.97. The van der Waals surface area contributed by atoms with Gasteiger partial charge in [-0.1, -0.05) is 18.2 Å². The van der Waals surface area contributed by atoms with Gasteiger partial charge in [0, 0.05) is 0 Å². The van der Waals surface area contributed by atoms with Crippen LogP contribution in [0.25, 0.3) is 11.1 Å². The molecule has 0 N–H and O–H groups in total. The highest BCUT2D eigenvalue weighted by Crippen LogP contribution is 2.24. The van der Waals surface area contributed by atoms with Crippen molar-refractivity contribution in [2.45, 2.75) is 6.92 Å². The van der Waals surface area contributed by atoms with Crippen molar-refractivity contribution in [2.24, 2.45) is 0 Å². The summed E-state index contributed by atoms with van der Waals surface area (Å²) in [4.78, 5) is 0. The Kier molecular flexibility index (Phi) is 2.70. The molecule has 0 saturated heterocycles. The Morgan fingerprint density at radius 3 is 2.38 bits per heavy atom. The first-order valence-corrected chi connectivity index (χ1v) is 4.97. The quantitative estimate of drug-likeness (QED) is 0.704. The van der Waals surface area contributed by atoms with Gasteiger partial charge in [-0.05, 0) is 47.9 Å². The Balaban J connectivity index is 2.50. The van der Waals surface area contributed by atoms with E-state index in [1.165, 1.54) is 12.1 Å². The maximum absolute atomic E-state index is 13.1. The molecule has 0 aliphatic heterocycles. The maximum atomic E-state index is 13.1. The molecule has 0 fully saturated rings. The fraction of sp³-hybridized carbons (Fsp3) is 0.0714. The summed E-state index contributed by atoms with van der Waals surface area (Å²) in [5.41, 5.74) is 3.42. The van der Waals surface area contributed by atoms with Crippen LogP contribution in [0, 0.1) is 24.1 Å². The molecule has 0 radical (unpaired) electrons. The predicted molar refractivity (Wildman–Crippen MR) is 61.3 cm³/mol. The molecule has 0 aliphatic carbocycles. The third-order valence-electron chi connectivity index (χ3n) is 2.52. The minimum atomic E-state index is -0.245. The minimum absolute atomic E-state index is 0.245. The standard InChI is InChI=1S/C14H10FN/c1-10-2-7-13(15)8-14(10)12-5-3-11(9-16)4-6-12/h2-8H,1H3/i15-1. The second kappa shape index (κ2) is 4.16. The number of hydrogen-bond donors (Lipinski definition) is 0. The molecule has 0 aromatic heterocycles. The summed E-state index contributed by atoms with van der Waals surface area (Å²) in [7, 11) is 0. The average molecular weight is 210 g/mol. The summed E-state index contributed by atoms with van der Waals surface area (Å²) in [6.07, 6.45) is 0. The van der Waals surface area contributed by atoms with E-state index in [4.69, 9.17) is 5.26 Å². The number of halogens is 1. The molecule has 2 aromatic carbocycles. The molecule has 2 rings (SSSR count). The summed E-state index contributed by atoms with van der Waals surface area (Å²) in [6.45, 7) is 1.94. The summed E-state index contributed by atoms with van der Waals surface area (Å²) >= 11 is 0. The number of nitriles is 1. The zero-order chi connectivity index (χ0) is 11.5. The molecule has 78 valence electrons. The Bertz CT molecular complexity index is 550. The molecule has 0 unspecified atom stereocenters. The van der Waals surface area contributed by atoms with Crippen LogP contribution >= 0.6 is 0 Å². The van der Waals surface area contributed by atoms with E-state index in [-0.39, 0.29) is 5.82 Å². The zero-order valence-electron chi connectivity index (χ0n) is 8.87. The van der Waals surface area contributed by atoms with Crippen molar-refractivity contribution in [1.29, 1.82) is 5.26 Å². The molecule has 0 aliphatic rings. The van der Waals surface area contributed by atoms with Gasteiger partial charge in [0.2, 0.25) is 0 Å². The van der Waals surface area contributed by atoms with E-state index in [1.54, 1.807) is 18.2 Å². The van der Waals surface area contributed by atoms with Gasteiger partial charge in [-0.25, -0.2) is 4.39 Å². The Morgan fingerprint density at radius 1 is 1.06 bits per heavy atom. The van der Waals surface area contributed by atoms with Crippen molar-refractivity contribution in [1.82, 2.24) is 0 Å². The van der Waals surface area contributed by atoms with Crippen molar-refractivity contribution < 1.29 is 4.39 Å². The van der Waals surface area contributed by atoms with Crippen LogP contribution in [0.3, 0.4) is 0 Å². The van der Waals surface area contributed by atoms with Gasteiger partial charge >= 0.3 is 0 Å². The molecule has 0 spiro atoms. The summed E-state index contributed by atoms with van der Waals surface area (Å²) in [5, 5.41) is 8.69. The average Bonchev–Trinajstić information content (AvgIpc) is 2.32. The van der Waals surface area contributed by atoms with Crippen LogP contribution in [0.15, 0.2) is 42.5 Å². The number of rotatable bonds is 1. The summed E-state index contributed by atoms with van der Waals surface area (Å²) in [6, 6.07) is 13.9. The third-order valence-corrected chi connectivity index (χ3v) is 2.52. The van der Waals surface area contributed by atoms with E-state index in [1.807, 2.05) is 19.1 Å². The fourth-order valence-electron chi connectivity index (χ4n) is 1.63. The van der Waals surface area contributed by atoms with Gasteiger partial charge in [-0.15, -0.1) is 0 Å². The van der Waals surface area contributed by atoms with Gasteiger partial charge in [0.1, 0.15) is 5.82 Å². The number of nitrogens with zero attached hydrogens (tertiary/aromatic N) is 1. The van der Waals surface area contributed by atoms with Crippen molar-refractivity contribution in [3.63, 3.8) is 0 Å². The van der Waals surface area contributed by atoms with E-state index in [9.17, 15) is 4.39 Å². The van der Waals surface area contributed by atoms with Crippen molar-refractivity contribution >= 4 is 0 Å². The number of benzene rings is 2. The lowest BCUT2D eigenvalue weighted by Crippen LogP contribution is -1.85. The van der Waals surface area contributed by atoms with Gasteiger partial charge in [0.25, 0.3) is 0 Å². The molecule has 0 atom stereocenters. The summed E-state index contributed by atoms with van der Waals surface area (Å²) in [5.74, 6) is -0.245. The Morgan fingerprint density at radius 2 is 1.75 bits per heavy atom. The minimum Gasteiger partial charge on any atom is -0.207 e. The highest BCUT2D eigenvalue weighted by Gasteiger charge is 2.03. The first-order chi connectivity index (χ1) is 7.70. The summed E-state index contributed by atoms with van der Waals surface area (Å²) < 4.78 is 13.1. The maximum Gasteiger partial charge on any atom is 0.123 e. The van der Waals surface area contributed by atoms with E-state index >= 15 is 0 Å². The second-order valence-corrected chi connectivity index (χ2v) is 3.65. The molecular weight excluding hydrogens is 200 g/mol. The number of aryl methyl sites for hydroxylation is 1. The predicted octanol–water partition coefficient (Wildman–Crippen LogP) is 3.67. The number of hydrogen-bond acceptors (Lipinski definition) is 1. The SMILES string of the molecule is Cc1ccc([18F])cc1-c1ccc(C#N)cc1. The normalized spacial score (nSPS) is 9.81. The van der Waals surface area contributed by atoms with Crippen molar-refractivity contribution in [3.05, 3.63) is 59.4 Å². The monoisotopic (exact) mass is 210 g/mol. The van der Waals surface area contributed by atoms with E-state index in [2.05, 4.69) is 6.07 Å². The lowest BCUT2D eigenvalue weighted by atomic mass is 9.99. The topological polar surface area (TPSA) is 23.8 Å². The molecule has 0 bridgehead atoms.